The van der Waals surface area contributed by atoms with E-state index in [1.165, 1.54) is 22.3 Å². The number of fused-ring (bicyclic) bond motifs is 3. The molecule has 280 valence electrons. The van der Waals surface area contributed by atoms with Crippen molar-refractivity contribution in [3.05, 3.63) is 64.8 Å². The van der Waals surface area contributed by atoms with Gasteiger partial charge in [0.25, 0.3) is 0 Å². The van der Waals surface area contributed by atoms with Crippen LogP contribution in [0.25, 0.3) is 0 Å². The third-order valence-corrected chi connectivity index (χ3v) is 12.6. The number of pyridine rings is 1. The average molecular weight is 713 g/mol. The second-order valence-electron chi connectivity index (χ2n) is 14.6. The fourth-order valence-electron chi connectivity index (χ4n) is 10.1. The normalized spacial score (nSPS) is 25.0. The van der Waals surface area contributed by atoms with Crippen LogP contribution < -0.4 is 29.6 Å². The zero-order valence-corrected chi connectivity index (χ0v) is 31.8. The fraction of sp³-hybridized carbons (Fsp3) is 0.561. The van der Waals surface area contributed by atoms with Crippen LogP contribution in [0.15, 0.2) is 42.6 Å². The Hall–Kier alpha value is -4.22. The van der Waals surface area contributed by atoms with E-state index in [0.717, 1.165) is 100 Å². The van der Waals surface area contributed by atoms with Crippen molar-refractivity contribution in [1.82, 2.24) is 19.7 Å². The van der Waals surface area contributed by atoms with E-state index in [0.29, 0.717) is 18.9 Å². The summed E-state index contributed by atoms with van der Waals surface area (Å²) < 4.78 is 23.5. The smallest absolute Gasteiger partial charge is 0.225 e. The molecule has 1 aromatic heterocycles. The van der Waals surface area contributed by atoms with Gasteiger partial charge in [0.05, 0.1) is 39.7 Å². The van der Waals surface area contributed by atoms with E-state index in [4.69, 9.17) is 24.7 Å². The maximum absolute atomic E-state index is 14.7. The molecule has 52 heavy (non-hydrogen) atoms. The third-order valence-electron chi connectivity index (χ3n) is 12.6. The summed E-state index contributed by atoms with van der Waals surface area (Å²) in [6, 6.07) is 12.9. The highest BCUT2D eigenvalue weighted by Crippen LogP contribution is 2.59. The molecule has 1 aliphatic carbocycles. The van der Waals surface area contributed by atoms with Crippen molar-refractivity contribution in [2.45, 2.75) is 57.5 Å². The fourth-order valence-corrected chi connectivity index (χ4v) is 10.1. The lowest BCUT2D eigenvalue weighted by molar-refractivity contribution is -0.142. The van der Waals surface area contributed by atoms with E-state index >= 15 is 0 Å². The second-order valence-corrected chi connectivity index (χ2v) is 14.6. The number of amides is 1. The van der Waals surface area contributed by atoms with Crippen LogP contribution in [-0.2, 0) is 23.2 Å². The molecule has 1 unspecified atom stereocenters. The van der Waals surface area contributed by atoms with Crippen LogP contribution in [-0.4, -0.2) is 106 Å². The maximum Gasteiger partial charge on any atom is 0.225 e. The Labute approximate surface area is 308 Å². The van der Waals surface area contributed by atoms with Crippen LogP contribution in [0, 0.1) is 11.8 Å². The molecule has 11 nitrogen and oxygen atoms in total. The van der Waals surface area contributed by atoms with Gasteiger partial charge in [0.2, 0.25) is 5.91 Å². The number of nitrogen functional groups attached to an aromatic ring is 1. The van der Waals surface area contributed by atoms with E-state index < -0.39 is 0 Å². The van der Waals surface area contributed by atoms with E-state index in [2.05, 4.69) is 62.7 Å². The number of rotatable bonds is 9. The van der Waals surface area contributed by atoms with Crippen molar-refractivity contribution in [3.63, 3.8) is 0 Å². The second kappa shape index (κ2) is 15.0. The minimum atomic E-state index is -0.310. The molecular formula is C41H56N6O5. The minimum absolute atomic E-state index is 0.0719. The van der Waals surface area contributed by atoms with Gasteiger partial charge in [-0.1, -0.05) is 13.8 Å². The van der Waals surface area contributed by atoms with Crippen molar-refractivity contribution < 1.29 is 23.7 Å². The molecule has 4 heterocycles. The molecule has 4 atom stereocenters. The lowest BCUT2D eigenvalue weighted by atomic mass is 9.58. The van der Waals surface area contributed by atoms with Gasteiger partial charge in [-0.05, 0) is 104 Å². The predicted octanol–water partition coefficient (Wildman–Crippen LogP) is 5.16. The van der Waals surface area contributed by atoms with E-state index in [1.54, 1.807) is 34.6 Å². The average Bonchev–Trinajstić information content (AvgIpc) is 3.19. The van der Waals surface area contributed by atoms with Crippen LogP contribution in [0.1, 0.15) is 61.4 Å². The van der Waals surface area contributed by atoms with Gasteiger partial charge in [-0.3, -0.25) is 14.6 Å². The largest absolute Gasteiger partial charge is 0.493 e. The van der Waals surface area contributed by atoms with E-state index in [1.807, 2.05) is 12.1 Å². The summed E-state index contributed by atoms with van der Waals surface area (Å²) in [4.78, 5) is 28.7. The van der Waals surface area contributed by atoms with Crippen molar-refractivity contribution in [1.29, 1.82) is 0 Å². The number of hydrogen-bond acceptors (Lipinski definition) is 10. The van der Waals surface area contributed by atoms with E-state index in [9.17, 15) is 4.79 Å². The minimum Gasteiger partial charge on any atom is -0.493 e. The summed E-state index contributed by atoms with van der Waals surface area (Å²) >= 11 is 0. The molecule has 2 aromatic carbocycles. The monoisotopic (exact) mass is 712 g/mol. The number of nitrogens with zero attached hydrogens (tertiary/aromatic N) is 5. The van der Waals surface area contributed by atoms with Crippen LogP contribution in [0.4, 0.5) is 11.5 Å². The molecule has 1 amide bonds. The number of anilines is 2. The first kappa shape index (κ1) is 36.2. The summed E-state index contributed by atoms with van der Waals surface area (Å²) in [5.74, 6) is 3.87. The highest BCUT2D eigenvalue weighted by atomic mass is 16.5. The molecule has 0 bridgehead atoms. The zero-order valence-electron chi connectivity index (χ0n) is 31.8. The number of carbonyl (C=O) groups is 1. The molecule has 11 heteroatoms. The van der Waals surface area contributed by atoms with Gasteiger partial charge < -0.3 is 34.5 Å². The zero-order chi connectivity index (χ0) is 36.6. The number of methoxy groups -OCH3 is 4. The van der Waals surface area contributed by atoms with Crippen LogP contribution in [0.5, 0.6) is 23.0 Å². The number of benzene rings is 2. The van der Waals surface area contributed by atoms with Gasteiger partial charge in [-0.25, -0.2) is 4.98 Å². The molecule has 1 saturated carbocycles. The summed E-state index contributed by atoms with van der Waals surface area (Å²) in [7, 11) is 6.86. The highest BCUT2D eigenvalue weighted by Gasteiger charge is 2.56. The Balaban J connectivity index is 1.31. The third kappa shape index (κ3) is 6.09. The molecule has 0 radical (unpaired) electrons. The summed E-state index contributed by atoms with van der Waals surface area (Å²) in [5, 5.41) is 0. The first-order valence-corrected chi connectivity index (χ1v) is 19.0. The Morgan fingerprint density at radius 1 is 0.846 bits per heavy atom. The van der Waals surface area contributed by atoms with Crippen LogP contribution >= 0.6 is 0 Å². The number of nitrogens with two attached hydrogens (primary N) is 1. The predicted molar refractivity (Wildman–Crippen MR) is 204 cm³/mol. The molecule has 1 spiro atoms. The molecule has 7 rings (SSSR count). The SMILES string of the molecule is CCN1CCc2cc(OC)c(OC)cc2C1[C@H]1C[C@H](C(=O)N2CCN(c3cccnc3N)CC2)CC[C@]12c1cc(OC)c(OC)cc1CCN2CC. The van der Waals surface area contributed by atoms with Gasteiger partial charge in [0.15, 0.2) is 23.0 Å². The molecule has 3 aliphatic heterocycles. The Morgan fingerprint density at radius 3 is 2.15 bits per heavy atom. The highest BCUT2D eigenvalue weighted by molar-refractivity contribution is 5.79. The summed E-state index contributed by atoms with van der Waals surface area (Å²) in [6.45, 7) is 11.1. The van der Waals surface area contributed by atoms with Crippen molar-refractivity contribution in [3.8, 4) is 23.0 Å². The Bertz CT molecular complexity index is 1760. The standard InChI is InChI=1S/C41H56N6O5/c1-7-44-16-12-27-23-34(49-3)36(51-5)25-30(27)38(44)32-22-29(40(48)46-20-18-45(19-21-46)33-10-9-15-43-39(33)42)11-14-41(32)31-26-37(52-6)35(50-4)24-28(31)13-17-47(41)8-2/h9-10,15,23-26,29,32,38H,7-8,11-14,16-22H2,1-6H3,(H2,42,43)/t29-,32-,38?,41+/m1/s1. The number of aromatic nitrogens is 1. The molecule has 1 saturated heterocycles. The Kier molecular flexibility index (Phi) is 10.4. The number of carbonyl (C=O) groups excluding carboxylic acids is 1. The lowest BCUT2D eigenvalue weighted by Crippen LogP contribution is -2.61. The van der Waals surface area contributed by atoms with Gasteiger partial charge in [-0.2, -0.15) is 0 Å². The molecule has 2 fully saturated rings. The number of piperazine rings is 1. The number of hydrogen-bond donors (Lipinski definition) is 1. The van der Waals surface area contributed by atoms with Gasteiger partial charge >= 0.3 is 0 Å². The molecule has 2 N–H and O–H groups in total. The molecule has 4 aliphatic rings. The first-order valence-electron chi connectivity index (χ1n) is 19.0. The van der Waals surface area contributed by atoms with Crippen molar-refractivity contribution in [2.24, 2.45) is 11.8 Å². The van der Waals surface area contributed by atoms with E-state index in [-0.39, 0.29) is 29.3 Å². The van der Waals surface area contributed by atoms with Gasteiger partial charge in [0.1, 0.15) is 5.82 Å². The van der Waals surface area contributed by atoms with Crippen molar-refractivity contribution in [2.75, 3.05) is 91.4 Å². The molecular weight excluding hydrogens is 656 g/mol. The quantitative estimate of drug-likeness (QED) is 0.320. The first-order chi connectivity index (χ1) is 25.3. The lowest BCUT2D eigenvalue weighted by Gasteiger charge is -2.60. The van der Waals surface area contributed by atoms with Gasteiger partial charge in [-0.15, -0.1) is 0 Å². The number of ether oxygens (including phenoxy) is 4. The topological polar surface area (TPSA) is 106 Å². The van der Waals surface area contributed by atoms with Crippen LogP contribution in [0.2, 0.25) is 0 Å². The summed E-state index contributed by atoms with van der Waals surface area (Å²) in [6.07, 6.45) is 6.09. The summed E-state index contributed by atoms with van der Waals surface area (Å²) in [5.41, 5.74) is 12.1. The van der Waals surface area contributed by atoms with Gasteiger partial charge in [0, 0.05) is 63.3 Å². The number of likely N-dealkylation sites (N-methyl/N-ethyl adjacent to an activating group) is 2. The van der Waals surface area contributed by atoms with Crippen LogP contribution in [0.3, 0.4) is 0 Å². The van der Waals surface area contributed by atoms with Crippen molar-refractivity contribution >= 4 is 17.4 Å². The Morgan fingerprint density at radius 2 is 1.50 bits per heavy atom. The molecule has 3 aromatic rings. The maximum atomic E-state index is 14.7.